The van der Waals surface area contributed by atoms with Crippen LogP contribution in [0.15, 0.2) is 23.8 Å². The molecule has 2 bridgehead atoms. The molecule has 0 aliphatic heterocycles. The van der Waals surface area contributed by atoms with Gasteiger partial charge in [0.1, 0.15) is 0 Å². The summed E-state index contributed by atoms with van der Waals surface area (Å²) in [6.07, 6.45) is 13.6. The lowest BCUT2D eigenvalue weighted by atomic mass is 9.67. The molecule has 0 aromatic carbocycles. The van der Waals surface area contributed by atoms with Crippen LogP contribution in [0, 0.1) is 35.5 Å². The van der Waals surface area contributed by atoms with Gasteiger partial charge in [-0.25, -0.2) is 0 Å². The van der Waals surface area contributed by atoms with Crippen LogP contribution < -0.4 is 0 Å². The van der Waals surface area contributed by atoms with Gasteiger partial charge in [-0.15, -0.1) is 0 Å². The molecular formula is C17H24O. The first-order chi connectivity index (χ1) is 8.75. The van der Waals surface area contributed by atoms with Gasteiger partial charge >= 0.3 is 0 Å². The Labute approximate surface area is 110 Å². The van der Waals surface area contributed by atoms with E-state index in [1.54, 1.807) is 0 Å². The van der Waals surface area contributed by atoms with E-state index in [9.17, 15) is 5.11 Å². The molecule has 0 spiro atoms. The Morgan fingerprint density at radius 1 is 1.11 bits per heavy atom. The van der Waals surface area contributed by atoms with E-state index < -0.39 is 0 Å². The molecule has 1 N–H and O–H groups in total. The molecule has 0 aromatic heterocycles. The van der Waals surface area contributed by atoms with E-state index in [2.05, 4.69) is 25.2 Å². The lowest BCUT2D eigenvalue weighted by Gasteiger charge is -2.40. The van der Waals surface area contributed by atoms with Crippen molar-refractivity contribution in [1.29, 1.82) is 0 Å². The average molecular weight is 244 g/mol. The molecule has 0 amide bonds. The molecular weight excluding hydrogens is 220 g/mol. The molecule has 1 nitrogen and oxygen atoms in total. The minimum absolute atomic E-state index is 0.0473. The van der Waals surface area contributed by atoms with Crippen molar-refractivity contribution in [1.82, 2.24) is 0 Å². The molecule has 4 rings (SSSR count). The second-order valence-electron chi connectivity index (χ2n) is 7.10. The summed E-state index contributed by atoms with van der Waals surface area (Å²) >= 11 is 0. The van der Waals surface area contributed by atoms with Crippen LogP contribution in [0.25, 0.3) is 0 Å². The number of hydrogen-bond acceptors (Lipinski definition) is 1. The topological polar surface area (TPSA) is 20.2 Å². The maximum Gasteiger partial charge on any atom is 0.0613 e. The van der Waals surface area contributed by atoms with Crippen molar-refractivity contribution >= 4 is 0 Å². The molecule has 98 valence electrons. The number of aliphatic hydroxyl groups is 1. The lowest BCUT2D eigenvalue weighted by molar-refractivity contribution is -0.00967. The molecule has 2 fully saturated rings. The van der Waals surface area contributed by atoms with E-state index in [1.807, 2.05) is 0 Å². The summed E-state index contributed by atoms with van der Waals surface area (Å²) in [4.78, 5) is 0. The Morgan fingerprint density at radius 3 is 2.83 bits per heavy atom. The Balaban J connectivity index is 1.71. The zero-order valence-electron chi connectivity index (χ0n) is 11.3. The highest BCUT2D eigenvalue weighted by atomic mass is 16.3. The van der Waals surface area contributed by atoms with Gasteiger partial charge in [-0.3, -0.25) is 0 Å². The van der Waals surface area contributed by atoms with Gasteiger partial charge < -0.3 is 5.11 Å². The quantitative estimate of drug-likeness (QED) is 0.646. The van der Waals surface area contributed by atoms with Crippen LogP contribution in [0.1, 0.15) is 39.0 Å². The maximum absolute atomic E-state index is 10.9. The molecule has 0 heterocycles. The summed E-state index contributed by atoms with van der Waals surface area (Å²) in [6.45, 7) is 2.27. The predicted molar refractivity (Wildman–Crippen MR) is 72.9 cm³/mol. The Morgan fingerprint density at radius 2 is 1.94 bits per heavy atom. The van der Waals surface area contributed by atoms with E-state index >= 15 is 0 Å². The summed E-state index contributed by atoms with van der Waals surface area (Å²) in [5.41, 5.74) is 1.51. The number of aliphatic hydroxyl groups excluding tert-OH is 1. The van der Waals surface area contributed by atoms with Crippen LogP contribution in [-0.2, 0) is 0 Å². The molecule has 7 atom stereocenters. The molecule has 4 aliphatic carbocycles. The maximum atomic E-state index is 10.9. The standard InChI is InChI=1S/C17H24O/c1-10-5-8-14-11-6-7-12(9-11)16(14)17(18)15-4-2-3-13(10)15/h2-3,5,11-18H,4,6-9H2,1H3/t11-,12-,13+,14+,15-,16-,17+/m0/s1. The monoisotopic (exact) mass is 244 g/mol. The number of hydrogen-bond donors (Lipinski definition) is 1. The Kier molecular flexibility index (Phi) is 2.49. The highest BCUT2D eigenvalue weighted by Crippen LogP contribution is 2.57. The van der Waals surface area contributed by atoms with Crippen molar-refractivity contribution in [3.05, 3.63) is 23.8 Å². The third-order valence-corrected chi connectivity index (χ3v) is 6.44. The largest absolute Gasteiger partial charge is 0.392 e. The third-order valence-electron chi connectivity index (χ3n) is 6.44. The predicted octanol–water partition coefficient (Wildman–Crippen LogP) is 3.55. The highest BCUT2D eigenvalue weighted by molar-refractivity contribution is 5.22. The SMILES string of the molecule is CC1=CC[C@@H]2[C@H]3CC[C@@H](C3)[C@@H]2[C@H](O)[C@H]2CC=C[C@H]12. The van der Waals surface area contributed by atoms with E-state index in [1.165, 1.54) is 31.3 Å². The van der Waals surface area contributed by atoms with E-state index in [-0.39, 0.29) is 6.10 Å². The van der Waals surface area contributed by atoms with Crippen molar-refractivity contribution in [2.75, 3.05) is 0 Å². The van der Waals surface area contributed by atoms with Gasteiger partial charge in [0.25, 0.3) is 0 Å². The fraction of sp³-hybridized carbons (Fsp3) is 0.765. The summed E-state index contributed by atoms with van der Waals surface area (Å²) in [6, 6.07) is 0. The van der Waals surface area contributed by atoms with Gasteiger partial charge in [0.05, 0.1) is 6.10 Å². The summed E-state index contributed by atoms with van der Waals surface area (Å²) in [5, 5.41) is 10.9. The fourth-order valence-corrected chi connectivity index (χ4v) is 5.59. The van der Waals surface area contributed by atoms with E-state index in [0.29, 0.717) is 17.8 Å². The zero-order chi connectivity index (χ0) is 12.3. The van der Waals surface area contributed by atoms with Crippen molar-refractivity contribution in [3.63, 3.8) is 0 Å². The fourth-order valence-electron chi connectivity index (χ4n) is 5.59. The second-order valence-corrected chi connectivity index (χ2v) is 7.10. The van der Waals surface area contributed by atoms with E-state index in [0.717, 1.165) is 24.2 Å². The van der Waals surface area contributed by atoms with Gasteiger partial charge in [-0.05, 0) is 68.6 Å². The smallest absolute Gasteiger partial charge is 0.0613 e. The van der Waals surface area contributed by atoms with Gasteiger partial charge in [0.2, 0.25) is 0 Å². The third kappa shape index (κ3) is 1.43. The minimum Gasteiger partial charge on any atom is -0.392 e. The average Bonchev–Trinajstić information content (AvgIpc) is 3.06. The van der Waals surface area contributed by atoms with Crippen LogP contribution in [-0.4, -0.2) is 11.2 Å². The first-order valence-electron chi connectivity index (χ1n) is 7.77. The molecule has 0 saturated heterocycles. The molecule has 1 heteroatoms. The van der Waals surface area contributed by atoms with Gasteiger partial charge in [0, 0.05) is 5.92 Å². The number of rotatable bonds is 0. The molecule has 0 aromatic rings. The zero-order valence-corrected chi connectivity index (χ0v) is 11.3. The highest BCUT2D eigenvalue weighted by Gasteiger charge is 2.52. The van der Waals surface area contributed by atoms with Gasteiger partial charge in [0.15, 0.2) is 0 Å². The molecule has 2 saturated carbocycles. The first-order valence-corrected chi connectivity index (χ1v) is 7.77. The van der Waals surface area contributed by atoms with Crippen molar-refractivity contribution < 1.29 is 5.11 Å². The number of fused-ring (bicyclic) bond motifs is 6. The van der Waals surface area contributed by atoms with E-state index in [4.69, 9.17) is 0 Å². The summed E-state index contributed by atoms with van der Waals surface area (Å²) in [5.74, 6) is 4.16. The van der Waals surface area contributed by atoms with Crippen molar-refractivity contribution in [3.8, 4) is 0 Å². The van der Waals surface area contributed by atoms with Crippen LogP contribution in [0.5, 0.6) is 0 Å². The molecule has 0 unspecified atom stereocenters. The summed E-state index contributed by atoms with van der Waals surface area (Å²) < 4.78 is 0. The lowest BCUT2D eigenvalue weighted by Crippen LogP contribution is -2.40. The molecule has 18 heavy (non-hydrogen) atoms. The van der Waals surface area contributed by atoms with Gasteiger partial charge in [-0.1, -0.05) is 23.8 Å². The Bertz CT molecular complexity index is 408. The number of allylic oxidation sites excluding steroid dienone is 4. The normalized spacial score (nSPS) is 53.7. The van der Waals surface area contributed by atoms with Crippen LogP contribution in [0.4, 0.5) is 0 Å². The van der Waals surface area contributed by atoms with Gasteiger partial charge in [-0.2, -0.15) is 0 Å². The van der Waals surface area contributed by atoms with Crippen LogP contribution in [0.3, 0.4) is 0 Å². The van der Waals surface area contributed by atoms with Crippen LogP contribution >= 0.6 is 0 Å². The summed E-state index contributed by atoms with van der Waals surface area (Å²) in [7, 11) is 0. The minimum atomic E-state index is -0.0473. The molecule has 4 aliphatic rings. The Hall–Kier alpha value is -0.560. The van der Waals surface area contributed by atoms with Crippen LogP contribution in [0.2, 0.25) is 0 Å². The van der Waals surface area contributed by atoms with Crippen molar-refractivity contribution in [2.24, 2.45) is 35.5 Å². The van der Waals surface area contributed by atoms with Crippen molar-refractivity contribution in [2.45, 2.75) is 45.1 Å². The first kappa shape index (κ1) is 11.3. The molecule has 0 radical (unpaired) electrons. The second kappa shape index (κ2) is 3.96.